The normalized spacial score (nSPS) is 20.9. The Hall–Kier alpha value is -1.03. The number of halogens is 1. The van der Waals surface area contributed by atoms with Crippen molar-refractivity contribution in [3.8, 4) is 5.75 Å². The topological polar surface area (TPSA) is 38.3 Å². The van der Waals surface area contributed by atoms with Crippen LogP contribution in [0.15, 0.2) is 6.33 Å². The van der Waals surface area contributed by atoms with Crippen molar-refractivity contribution in [1.29, 1.82) is 0 Å². The third-order valence-corrected chi connectivity index (χ3v) is 3.29. The molecule has 16 heavy (non-hydrogen) atoms. The molecule has 1 aromatic rings. The minimum atomic E-state index is 0.380. The van der Waals surface area contributed by atoms with Crippen LogP contribution in [0.1, 0.15) is 26.2 Å². The second kappa shape index (κ2) is 4.87. The third-order valence-electron chi connectivity index (χ3n) is 3.02. The summed E-state index contributed by atoms with van der Waals surface area (Å²) < 4.78 is 5.28. The number of ether oxygens (including phenoxy) is 1. The molecule has 0 radical (unpaired) electrons. The molecule has 1 atom stereocenters. The average Bonchev–Trinajstić information content (AvgIpc) is 2.29. The minimum absolute atomic E-state index is 0.380. The molecule has 0 aliphatic carbocycles. The van der Waals surface area contributed by atoms with Crippen molar-refractivity contribution in [2.45, 2.75) is 32.2 Å². The fourth-order valence-electron chi connectivity index (χ4n) is 2.14. The largest absolute Gasteiger partial charge is 0.490 e. The van der Waals surface area contributed by atoms with Gasteiger partial charge in [-0.2, -0.15) is 0 Å². The summed E-state index contributed by atoms with van der Waals surface area (Å²) in [7, 11) is 1.60. The Morgan fingerprint density at radius 1 is 1.44 bits per heavy atom. The van der Waals surface area contributed by atoms with Gasteiger partial charge in [-0.05, 0) is 26.2 Å². The molecule has 1 aromatic heterocycles. The molecule has 1 unspecified atom stereocenters. The molecule has 0 aromatic carbocycles. The molecular formula is C11H16ClN3O. The first kappa shape index (κ1) is 11.5. The van der Waals surface area contributed by atoms with Crippen LogP contribution >= 0.6 is 11.6 Å². The molecule has 0 amide bonds. The van der Waals surface area contributed by atoms with Gasteiger partial charge in [-0.25, -0.2) is 9.97 Å². The maximum absolute atomic E-state index is 5.99. The zero-order valence-corrected chi connectivity index (χ0v) is 10.4. The van der Waals surface area contributed by atoms with Crippen LogP contribution in [0.3, 0.4) is 0 Å². The Labute approximate surface area is 101 Å². The lowest BCUT2D eigenvalue weighted by Gasteiger charge is -2.34. The maximum atomic E-state index is 5.99. The van der Waals surface area contributed by atoms with E-state index in [-0.39, 0.29) is 0 Å². The van der Waals surface area contributed by atoms with Gasteiger partial charge in [0.1, 0.15) is 6.33 Å². The zero-order chi connectivity index (χ0) is 11.5. The van der Waals surface area contributed by atoms with Crippen molar-refractivity contribution in [3.63, 3.8) is 0 Å². The third kappa shape index (κ3) is 2.07. The molecule has 2 heterocycles. The van der Waals surface area contributed by atoms with Gasteiger partial charge in [0, 0.05) is 12.6 Å². The minimum Gasteiger partial charge on any atom is -0.490 e. The van der Waals surface area contributed by atoms with Crippen LogP contribution in [0.4, 0.5) is 5.82 Å². The number of hydrogen-bond acceptors (Lipinski definition) is 4. The van der Waals surface area contributed by atoms with E-state index in [4.69, 9.17) is 16.3 Å². The second-order valence-corrected chi connectivity index (χ2v) is 4.42. The summed E-state index contributed by atoms with van der Waals surface area (Å²) in [4.78, 5) is 10.5. The van der Waals surface area contributed by atoms with Gasteiger partial charge >= 0.3 is 0 Å². The van der Waals surface area contributed by atoms with Crippen molar-refractivity contribution in [1.82, 2.24) is 9.97 Å². The smallest absolute Gasteiger partial charge is 0.199 e. The summed E-state index contributed by atoms with van der Waals surface area (Å²) in [5.41, 5.74) is 0. The fraction of sp³-hybridized carbons (Fsp3) is 0.636. The summed E-state index contributed by atoms with van der Waals surface area (Å²) >= 11 is 5.99. The van der Waals surface area contributed by atoms with E-state index in [1.54, 1.807) is 7.11 Å². The highest BCUT2D eigenvalue weighted by Crippen LogP contribution is 2.34. The predicted octanol–water partition coefficient (Wildman–Crippen LogP) is 2.52. The highest BCUT2D eigenvalue weighted by atomic mass is 35.5. The number of piperidine rings is 1. The van der Waals surface area contributed by atoms with Crippen molar-refractivity contribution < 1.29 is 4.74 Å². The zero-order valence-electron chi connectivity index (χ0n) is 9.61. The van der Waals surface area contributed by atoms with Crippen LogP contribution in [-0.4, -0.2) is 29.7 Å². The number of hydrogen-bond donors (Lipinski definition) is 0. The number of rotatable bonds is 2. The quantitative estimate of drug-likeness (QED) is 0.746. The van der Waals surface area contributed by atoms with Crippen molar-refractivity contribution in [2.24, 2.45) is 0 Å². The standard InChI is InChI=1S/C11H16ClN3O/c1-8-5-3-4-6-15(8)11-9(16-2)10(12)13-7-14-11/h7-8H,3-6H2,1-2H3. The van der Waals surface area contributed by atoms with Crippen LogP contribution in [-0.2, 0) is 0 Å². The first-order chi connectivity index (χ1) is 7.74. The van der Waals surface area contributed by atoms with E-state index >= 15 is 0 Å². The lowest BCUT2D eigenvalue weighted by atomic mass is 10.0. The van der Waals surface area contributed by atoms with Crippen LogP contribution in [0.25, 0.3) is 0 Å². The first-order valence-corrected chi connectivity index (χ1v) is 5.93. The molecule has 1 saturated heterocycles. The fourth-order valence-corrected chi connectivity index (χ4v) is 2.34. The summed E-state index contributed by atoms with van der Waals surface area (Å²) in [5, 5.41) is 0.380. The van der Waals surface area contributed by atoms with Crippen molar-refractivity contribution >= 4 is 17.4 Å². The van der Waals surface area contributed by atoms with Crippen molar-refractivity contribution in [3.05, 3.63) is 11.5 Å². The molecule has 0 spiro atoms. The molecule has 4 nitrogen and oxygen atoms in total. The van der Waals surface area contributed by atoms with E-state index < -0.39 is 0 Å². The van der Waals surface area contributed by atoms with E-state index in [1.807, 2.05) is 0 Å². The number of methoxy groups -OCH3 is 1. The van der Waals surface area contributed by atoms with E-state index in [0.29, 0.717) is 16.9 Å². The molecule has 1 aliphatic heterocycles. The van der Waals surface area contributed by atoms with Gasteiger partial charge in [-0.1, -0.05) is 11.6 Å². The molecular weight excluding hydrogens is 226 g/mol. The van der Waals surface area contributed by atoms with E-state index in [9.17, 15) is 0 Å². The highest BCUT2D eigenvalue weighted by Gasteiger charge is 2.24. The predicted molar refractivity (Wildman–Crippen MR) is 64.3 cm³/mol. The summed E-state index contributed by atoms with van der Waals surface area (Å²) in [6.45, 7) is 3.21. The van der Waals surface area contributed by atoms with Crippen LogP contribution < -0.4 is 9.64 Å². The molecule has 1 fully saturated rings. The van der Waals surface area contributed by atoms with E-state index in [0.717, 1.165) is 12.4 Å². The molecule has 1 aliphatic rings. The van der Waals surface area contributed by atoms with Crippen molar-refractivity contribution in [2.75, 3.05) is 18.6 Å². The molecule has 0 bridgehead atoms. The number of anilines is 1. The van der Waals surface area contributed by atoms with Gasteiger partial charge < -0.3 is 9.64 Å². The lowest BCUT2D eigenvalue weighted by molar-refractivity contribution is 0.402. The van der Waals surface area contributed by atoms with Gasteiger partial charge in [0.2, 0.25) is 0 Å². The van der Waals surface area contributed by atoms with Crippen LogP contribution in [0, 0.1) is 0 Å². The summed E-state index contributed by atoms with van der Waals surface area (Å²) in [6.07, 6.45) is 5.14. The van der Waals surface area contributed by atoms with E-state index in [1.165, 1.54) is 25.6 Å². The monoisotopic (exact) mass is 241 g/mol. The molecule has 0 saturated carbocycles. The maximum Gasteiger partial charge on any atom is 0.199 e. The van der Waals surface area contributed by atoms with E-state index in [2.05, 4.69) is 21.8 Å². The van der Waals surface area contributed by atoms with Gasteiger partial charge in [-0.15, -0.1) is 0 Å². The highest BCUT2D eigenvalue weighted by molar-refractivity contribution is 6.31. The Morgan fingerprint density at radius 2 is 2.25 bits per heavy atom. The average molecular weight is 242 g/mol. The van der Waals surface area contributed by atoms with Crippen LogP contribution in [0.5, 0.6) is 5.75 Å². The molecule has 0 N–H and O–H groups in total. The number of nitrogens with zero attached hydrogens (tertiary/aromatic N) is 3. The lowest BCUT2D eigenvalue weighted by Crippen LogP contribution is -2.38. The Morgan fingerprint density at radius 3 is 2.94 bits per heavy atom. The molecule has 5 heteroatoms. The summed E-state index contributed by atoms with van der Waals surface area (Å²) in [5.74, 6) is 1.40. The van der Waals surface area contributed by atoms with Gasteiger partial charge in [0.25, 0.3) is 0 Å². The molecule has 88 valence electrons. The number of aromatic nitrogens is 2. The Balaban J connectivity index is 2.34. The SMILES string of the molecule is COc1c(Cl)ncnc1N1CCCCC1C. The van der Waals surface area contributed by atoms with Gasteiger partial charge in [-0.3, -0.25) is 0 Å². The van der Waals surface area contributed by atoms with Gasteiger partial charge in [0.05, 0.1) is 7.11 Å². The van der Waals surface area contributed by atoms with Gasteiger partial charge in [0.15, 0.2) is 16.7 Å². The Kier molecular flexibility index (Phi) is 3.49. The first-order valence-electron chi connectivity index (χ1n) is 5.55. The van der Waals surface area contributed by atoms with Crippen LogP contribution in [0.2, 0.25) is 5.15 Å². The second-order valence-electron chi connectivity index (χ2n) is 4.06. The summed E-state index contributed by atoms with van der Waals surface area (Å²) in [6, 6.07) is 0.480. The Bertz CT molecular complexity index is 372. The molecule has 2 rings (SSSR count).